The summed E-state index contributed by atoms with van der Waals surface area (Å²) in [5.74, 6) is -1.00. The summed E-state index contributed by atoms with van der Waals surface area (Å²) in [4.78, 5) is 10.4. The first-order chi connectivity index (χ1) is 7.11. The van der Waals surface area contributed by atoms with E-state index in [0.29, 0.717) is 11.4 Å². The molecule has 0 saturated heterocycles. The zero-order chi connectivity index (χ0) is 12.9. The van der Waals surface area contributed by atoms with Gasteiger partial charge in [-0.25, -0.2) is 4.79 Å². The second-order valence-electron chi connectivity index (χ2n) is 2.60. The van der Waals surface area contributed by atoms with E-state index in [0.717, 1.165) is 0 Å². The largest absolute Gasteiger partial charge is 0.478 e. The standard InChI is InChI=1S/C7H8N2O2.H2O4S/c8-5-2-1-4(7(10)11)3-6(5)9;1-5(2,3)4/h1-3H,8-9H2,(H,10,11);(H2,1,2,3,4). The van der Waals surface area contributed by atoms with Crippen molar-refractivity contribution in [1.82, 2.24) is 0 Å². The zero-order valence-corrected chi connectivity index (χ0v) is 8.68. The van der Waals surface area contributed by atoms with Crippen molar-refractivity contribution >= 4 is 27.7 Å². The Bertz CT molecular complexity index is 476. The van der Waals surface area contributed by atoms with Gasteiger partial charge in [0.05, 0.1) is 16.9 Å². The molecule has 0 amide bonds. The molecule has 7 N–H and O–H groups in total. The summed E-state index contributed by atoms with van der Waals surface area (Å²) in [7, 11) is -4.67. The maximum Gasteiger partial charge on any atom is 0.394 e. The topological polar surface area (TPSA) is 164 Å². The first-order valence-electron chi connectivity index (χ1n) is 3.69. The van der Waals surface area contributed by atoms with Crippen molar-refractivity contribution in [3.63, 3.8) is 0 Å². The lowest BCUT2D eigenvalue weighted by Gasteiger charge is -1.99. The van der Waals surface area contributed by atoms with Crippen LogP contribution in [-0.2, 0) is 10.4 Å². The fraction of sp³-hybridized carbons (Fsp3) is 0. The number of anilines is 2. The molecule has 8 nitrogen and oxygen atoms in total. The molecule has 0 aromatic heterocycles. The number of hydrogen-bond donors (Lipinski definition) is 5. The summed E-state index contributed by atoms with van der Waals surface area (Å²) in [5.41, 5.74) is 11.6. The monoisotopic (exact) mass is 250 g/mol. The average Bonchev–Trinajstić information content (AvgIpc) is 2.06. The highest BCUT2D eigenvalue weighted by molar-refractivity contribution is 7.79. The van der Waals surface area contributed by atoms with Gasteiger partial charge in [-0.2, -0.15) is 8.42 Å². The molecule has 0 aliphatic carbocycles. The number of hydrogen-bond acceptors (Lipinski definition) is 5. The molecule has 0 heterocycles. The third-order valence-corrected chi connectivity index (χ3v) is 1.33. The minimum atomic E-state index is -4.67. The Morgan fingerprint density at radius 2 is 1.56 bits per heavy atom. The number of carbonyl (C=O) groups is 1. The highest BCUT2D eigenvalue weighted by Crippen LogP contribution is 2.15. The summed E-state index contributed by atoms with van der Waals surface area (Å²) in [6, 6.07) is 4.21. The van der Waals surface area contributed by atoms with Crippen LogP contribution in [0.25, 0.3) is 0 Å². The fourth-order valence-corrected chi connectivity index (χ4v) is 0.708. The van der Waals surface area contributed by atoms with Gasteiger partial charge in [0.2, 0.25) is 0 Å². The Morgan fingerprint density at radius 3 is 1.88 bits per heavy atom. The van der Waals surface area contributed by atoms with Crippen LogP contribution in [0.3, 0.4) is 0 Å². The molecular weight excluding hydrogens is 240 g/mol. The molecule has 90 valence electrons. The van der Waals surface area contributed by atoms with Crippen LogP contribution in [0.4, 0.5) is 11.4 Å². The van der Waals surface area contributed by atoms with Crippen LogP contribution in [-0.4, -0.2) is 28.6 Å². The van der Waals surface area contributed by atoms with Gasteiger partial charge in [0, 0.05) is 0 Å². The number of carboxylic acid groups (broad SMARTS) is 1. The van der Waals surface area contributed by atoms with E-state index in [9.17, 15) is 4.79 Å². The molecule has 16 heavy (non-hydrogen) atoms. The van der Waals surface area contributed by atoms with Crippen molar-refractivity contribution < 1.29 is 27.4 Å². The quantitative estimate of drug-likeness (QED) is 0.340. The molecular formula is C7H10N2O6S. The van der Waals surface area contributed by atoms with Gasteiger partial charge in [0.25, 0.3) is 0 Å². The molecule has 9 heteroatoms. The normalized spacial score (nSPS) is 10.1. The van der Waals surface area contributed by atoms with E-state index in [2.05, 4.69) is 0 Å². The Morgan fingerprint density at radius 1 is 1.12 bits per heavy atom. The lowest BCUT2D eigenvalue weighted by atomic mass is 10.2. The van der Waals surface area contributed by atoms with E-state index in [1.807, 2.05) is 0 Å². The Balaban J connectivity index is 0.000000385. The van der Waals surface area contributed by atoms with Gasteiger partial charge in [0.15, 0.2) is 0 Å². The molecule has 0 atom stereocenters. The van der Waals surface area contributed by atoms with Crippen molar-refractivity contribution in [3.05, 3.63) is 23.8 Å². The van der Waals surface area contributed by atoms with Crippen molar-refractivity contribution in [2.75, 3.05) is 11.5 Å². The van der Waals surface area contributed by atoms with Crippen LogP contribution in [0.5, 0.6) is 0 Å². The number of rotatable bonds is 1. The average molecular weight is 250 g/mol. The maximum absolute atomic E-state index is 10.4. The van der Waals surface area contributed by atoms with E-state index in [1.165, 1.54) is 18.2 Å². The van der Waals surface area contributed by atoms with Gasteiger partial charge in [0.1, 0.15) is 0 Å². The third-order valence-electron chi connectivity index (χ3n) is 1.33. The maximum atomic E-state index is 10.4. The number of nitrogen functional groups attached to an aromatic ring is 2. The third kappa shape index (κ3) is 6.59. The summed E-state index contributed by atoms with van der Waals surface area (Å²) >= 11 is 0. The highest BCUT2D eigenvalue weighted by Gasteiger charge is 2.03. The molecule has 0 aliphatic rings. The highest BCUT2D eigenvalue weighted by atomic mass is 32.3. The molecule has 0 saturated carbocycles. The first-order valence-corrected chi connectivity index (χ1v) is 5.09. The van der Waals surface area contributed by atoms with Gasteiger partial charge in [-0.3, -0.25) is 9.11 Å². The molecule has 1 rings (SSSR count). The van der Waals surface area contributed by atoms with Gasteiger partial charge < -0.3 is 16.6 Å². The van der Waals surface area contributed by atoms with Crippen LogP contribution in [0, 0.1) is 0 Å². The lowest BCUT2D eigenvalue weighted by molar-refractivity contribution is 0.0697. The van der Waals surface area contributed by atoms with Crippen molar-refractivity contribution in [3.8, 4) is 0 Å². The van der Waals surface area contributed by atoms with E-state index >= 15 is 0 Å². The van der Waals surface area contributed by atoms with E-state index in [1.54, 1.807) is 0 Å². The molecule has 0 radical (unpaired) electrons. The number of aromatic carboxylic acids is 1. The summed E-state index contributed by atoms with van der Waals surface area (Å²) < 4.78 is 31.6. The first kappa shape index (κ1) is 14.2. The lowest BCUT2D eigenvalue weighted by Crippen LogP contribution is -2.00. The van der Waals surface area contributed by atoms with Crippen LogP contribution in [0.2, 0.25) is 0 Å². The predicted octanol–water partition coefficient (Wildman–Crippen LogP) is -0.104. The summed E-state index contributed by atoms with van der Waals surface area (Å²) in [6.07, 6.45) is 0. The molecule has 0 aliphatic heterocycles. The Labute approximate surface area is 91.1 Å². The van der Waals surface area contributed by atoms with E-state index in [4.69, 9.17) is 34.1 Å². The second kappa shape index (κ2) is 5.30. The van der Waals surface area contributed by atoms with Crippen molar-refractivity contribution in [2.24, 2.45) is 0 Å². The van der Waals surface area contributed by atoms with Gasteiger partial charge >= 0.3 is 16.4 Å². The summed E-state index contributed by atoms with van der Waals surface area (Å²) in [6.45, 7) is 0. The predicted molar refractivity (Wildman–Crippen MR) is 56.4 cm³/mol. The van der Waals surface area contributed by atoms with E-state index < -0.39 is 16.4 Å². The molecule has 0 unspecified atom stereocenters. The van der Waals surface area contributed by atoms with Gasteiger partial charge in [-0.05, 0) is 18.2 Å². The number of carboxylic acids is 1. The Kier molecular flexibility index (Phi) is 4.69. The van der Waals surface area contributed by atoms with Crippen LogP contribution >= 0.6 is 0 Å². The Hall–Kier alpha value is -1.84. The second-order valence-corrected chi connectivity index (χ2v) is 3.49. The number of nitrogens with two attached hydrogens (primary N) is 2. The zero-order valence-electron chi connectivity index (χ0n) is 7.86. The van der Waals surface area contributed by atoms with Gasteiger partial charge in [-0.1, -0.05) is 0 Å². The minimum absolute atomic E-state index is 0.150. The molecule has 1 aromatic rings. The smallest absolute Gasteiger partial charge is 0.394 e. The molecule has 0 bridgehead atoms. The van der Waals surface area contributed by atoms with Crippen LogP contribution < -0.4 is 11.5 Å². The van der Waals surface area contributed by atoms with Crippen molar-refractivity contribution in [2.45, 2.75) is 0 Å². The SMILES string of the molecule is Nc1ccc(C(=O)O)cc1N.O=S(=O)(O)O. The van der Waals surface area contributed by atoms with Gasteiger partial charge in [-0.15, -0.1) is 0 Å². The minimum Gasteiger partial charge on any atom is -0.478 e. The fourth-order valence-electron chi connectivity index (χ4n) is 0.708. The van der Waals surface area contributed by atoms with Crippen LogP contribution in [0.15, 0.2) is 18.2 Å². The molecule has 0 spiro atoms. The molecule has 0 fully saturated rings. The summed E-state index contributed by atoms with van der Waals surface area (Å²) in [5, 5.41) is 8.50. The molecule has 1 aromatic carbocycles. The number of benzene rings is 1. The van der Waals surface area contributed by atoms with Crippen molar-refractivity contribution in [1.29, 1.82) is 0 Å². The van der Waals surface area contributed by atoms with E-state index in [-0.39, 0.29) is 5.56 Å². The van der Waals surface area contributed by atoms with Crippen LogP contribution in [0.1, 0.15) is 10.4 Å².